The van der Waals surface area contributed by atoms with E-state index >= 15 is 0 Å². The number of hydrogen-bond acceptors (Lipinski definition) is 3. The lowest BCUT2D eigenvalue weighted by Crippen LogP contribution is -2.38. The van der Waals surface area contributed by atoms with Gasteiger partial charge in [0.05, 0.1) is 0 Å². The Morgan fingerprint density at radius 3 is 2.32 bits per heavy atom. The third-order valence-electron chi connectivity index (χ3n) is 5.98. The molecule has 5 heteroatoms. The van der Waals surface area contributed by atoms with E-state index in [1.807, 2.05) is 13.0 Å². The van der Waals surface area contributed by atoms with Gasteiger partial charge in [0.2, 0.25) is 5.91 Å². The second-order valence-corrected chi connectivity index (χ2v) is 8.59. The van der Waals surface area contributed by atoms with E-state index in [4.69, 9.17) is 5.11 Å². The van der Waals surface area contributed by atoms with E-state index in [0.717, 1.165) is 22.3 Å². The smallest absolute Gasteiger partial charge is 0.325 e. The van der Waals surface area contributed by atoms with Crippen LogP contribution >= 0.6 is 0 Å². The van der Waals surface area contributed by atoms with Crippen LogP contribution in [0.3, 0.4) is 0 Å². The molecule has 3 N–H and O–H groups in total. The van der Waals surface area contributed by atoms with Gasteiger partial charge in [-0.1, -0.05) is 37.1 Å². The second-order valence-electron chi connectivity index (χ2n) is 8.59. The molecular weight excluding hydrogens is 388 g/mol. The van der Waals surface area contributed by atoms with Crippen LogP contribution in [0.4, 0.5) is 5.69 Å². The molecule has 0 radical (unpaired) electrons. The summed E-state index contributed by atoms with van der Waals surface area (Å²) in [5, 5.41) is 15.1. The molecular formula is C26H32N2O3. The lowest BCUT2D eigenvalue weighted by molar-refractivity contribution is -0.140. The predicted octanol–water partition coefficient (Wildman–Crippen LogP) is 5.32. The van der Waals surface area contributed by atoms with Crippen LogP contribution in [0.25, 0.3) is 17.2 Å². The summed E-state index contributed by atoms with van der Waals surface area (Å²) >= 11 is 0. The zero-order chi connectivity index (χ0) is 22.5. The number of carbonyl (C=O) groups excluding carboxylic acids is 1. The van der Waals surface area contributed by atoms with E-state index in [1.54, 1.807) is 6.92 Å². The minimum Gasteiger partial charge on any atom is -0.480 e. The Morgan fingerprint density at radius 2 is 1.71 bits per heavy atom. The Balaban J connectivity index is 1.76. The summed E-state index contributed by atoms with van der Waals surface area (Å²) in [6.45, 7) is 7.24. The van der Waals surface area contributed by atoms with Crippen molar-refractivity contribution < 1.29 is 14.7 Å². The zero-order valence-electron chi connectivity index (χ0n) is 18.8. The summed E-state index contributed by atoms with van der Waals surface area (Å²) in [4.78, 5) is 23.2. The number of hydrogen-bond donors (Lipinski definition) is 3. The van der Waals surface area contributed by atoms with Crippen molar-refractivity contribution in [3.63, 3.8) is 0 Å². The fraction of sp³-hybridized carbons (Fsp3) is 0.385. The number of anilines is 1. The van der Waals surface area contributed by atoms with Crippen LogP contribution in [0, 0.1) is 13.8 Å². The van der Waals surface area contributed by atoms with E-state index in [-0.39, 0.29) is 5.91 Å². The van der Waals surface area contributed by atoms with E-state index in [0.29, 0.717) is 11.6 Å². The van der Waals surface area contributed by atoms with Crippen LogP contribution in [-0.2, 0) is 9.59 Å². The highest BCUT2D eigenvalue weighted by molar-refractivity contribution is 5.99. The van der Waals surface area contributed by atoms with Gasteiger partial charge in [0.1, 0.15) is 6.04 Å². The first kappa shape index (κ1) is 22.6. The van der Waals surface area contributed by atoms with Crippen molar-refractivity contribution >= 4 is 23.6 Å². The predicted molar refractivity (Wildman–Crippen MR) is 126 cm³/mol. The lowest BCUT2D eigenvalue weighted by Gasteiger charge is -2.15. The molecule has 0 heterocycles. The Hall–Kier alpha value is -3.08. The van der Waals surface area contributed by atoms with Crippen molar-refractivity contribution in [1.82, 2.24) is 5.32 Å². The van der Waals surface area contributed by atoms with Crippen molar-refractivity contribution in [3.05, 3.63) is 58.7 Å². The van der Waals surface area contributed by atoms with Gasteiger partial charge in [0.15, 0.2) is 0 Å². The molecule has 2 aromatic carbocycles. The van der Waals surface area contributed by atoms with Crippen LogP contribution in [0.1, 0.15) is 56.2 Å². The maximum absolute atomic E-state index is 12.3. The minimum atomic E-state index is -1.05. The van der Waals surface area contributed by atoms with Crippen molar-refractivity contribution in [2.45, 2.75) is 65.5 Å². The maximum atomic E-state index is 12.3. The SMILES string of the molecule is CC(=Cc1cc(C)c(-c2ccc(NC3CCCC3)cc2)cc1C)C(=O)N[C@H](C)C(=O)O. The molecule has 0 spiro atoms. The summed E-state index contributed by atoms with van der Waals surface area (Å²) in [6, 6.07) is 12.5. The number of carbonyl (C=O) groups is 2. The van der Waals surface area contributed by atoms with Crippen LogP contribution < -0.4 is 10.6 Å². The highest BCUT2D eigenvalue weighted by atomic mass is 16.4. The third kappa shape index (κ3) is 5.75. The Morgan fingerprint density at radius 1 is 1.06 bits per heavy atom. The largest absolute Gasteiger partial charge is 0.480 e. The summed E-state index contributed by atoms with van der Waals surface area (Å²) in [6.07, 6.45) is 6.94. The van der Waals surface area contributed by atoms with Crippen molar-refractivity contribution in [3.8, 4) is 11.1 Å². The molecule has 1 atom stereocenters. The summed E-state index contributed by atoms with van der Waals surface area (Å²) < 4.78 is 0. The Labute approximate surface area is 184 Å². The lowest BCUT2D eigenvalue weighted by atomic mass is 9.94. The average Bonchev–Trinajstić information content (AvgIpc) is 3.24. The first-order valence-corrected chi connectivity index (χ1v) is 10.9. The highest BCUT2D eigenvalue weighted by Crippen LogP contribution is 2.29. The van der Waals surface area contributed by atoms with Gasteiger partial charge in [-0.25, -0.2) is 0 Å². The molecule has 0 saturated heterocycles. The van der Waals surface area contributed by atoms with Gasteiger partial charge in [-0.05, 0) is 86.6 Å². The summed E-state index contributed by atoms with van der Waals surface area (Å²) in [7, 11) is 0. The number of carboxylic acids is 1. The zero-order valence-corrected chi connectivity index (χ0v) is 18.8. The molecule has 1 amide bonds. The molecule has 31 heavy (non-hydrogen) atoms. The third-order valence-corrected chi connectivity index (χ3v) is 5.98. The second kappa shape index (κ2) is 9.82. The van der Waals surface area contributed by atoms with Crippen LogP contribution in [0.5, 0.6) is 0 Å². The molecule has 164 valence electrons. The molecule has 2 aromatic rings. The standard InChI is InChI=1S/C26H32N2O3/c1-16-15-24(20-9-11-23(12-10-20)28-22-7-5-6-8-22)17(2)13-21(16)14-18(3)25(29)27-19(4)26(30)31/h9-15,19,22,28H,5-8H2,1-4H3,(H,27,29)(H,30,31)/t19-/m1/s1. The van der Waals surface area contributed by atoms with Crippen LogP contribution in [0.2, 0.25) is 0 Å². The normalized spacial score (nSPS) is 15.5. The van der Waals surface area contributed by atoms with Gasteiger partial charge in [0, 0.05) is 17.3 Å². The number of benzene rings is 2. The van der Waals surface area contributed by atoms with Gasteiger partial charge in [-0.2, -0.15) is 0 Å². The van der Waals surface area contributed by atoms with E-state index in [2.05, 4.69) is 54.0 Å². The quantitative estimate of drug-likeness (QED) is 0.530. The molecule has 3 rings (SSSR count). The van der Waals surface area contributed by atoms with Gasteiger partial charge < -0.3 is 15.7 Å². The Kier molecular flexibility index (Phi) is 7.16. The minimum absolute atomic E-state index is 0.374. The van der Waals surface area contributed by atoms with Crippen molar-refractivity contribution in [2.75, 3.05) is 5.32 Å². The maximum Gasteiger partial charge on any atom is 0.325 e. The molecule has 1 saturated carbocycles. The topological polar surface area (TPSA) is 78.4 Å². The number of nitrogens with one attached hydrogen (secondary N) is 2. The molecule has 1 aliphatic carbocycles. The molecule has 5 nitrogen and oxygen atoms in total. The van der Waals surface area contributed by atoms with E-state index < -0.39 is 12.0 Å². The first-order valence-electron chi connectivity index (χ1n) is 10.9. The molecule has 0 aromatic heterocycles. The molecule has 0 unspecified atom stereocenters. The number of aryl methyl sites for hydroxylation is 2. The van der Waals surface area contributed by atoms with Gasteiger partial charge >= 0.3 is 5.97 Å². The first-order chi connectivity index (χ1) is 14.7. The number of carboxylic acid groups (broad SMARTS) is 1. The fourth-order valence-corrected chi connectivity index (χ4v) is 4.03. The molecule has 1 aliphatic rings. The van der Waals surface area contributed by atoms with Crippen molar-refractivity contribution in [1.29, 1.82) is 0 Å². The monoisotopic (exact) mass is 420 g/mol. The highest BCUT2D eigenvalue weighted by Gasteiger charge is 2.16. The van der Waals surface area contributed by atoms with Gasteiger partial charge in [-0.15, -0.1) is 0 Å². The van der Waals surface area contributed by atoms with Gasteiger partial charge in [0.25, 0.3) is 0 Å². The van der Waals surface area contributed by atoms with Crippen LogP contribution in [0.15, 0.2) is 42.0 Å². The molecule has 0 bridgehead atoms. The number of rotatable bonds is 7. The summed E-state index contributed by atoms with van der Waals surface area (Å²) in [5.74, 6) is -1.43. The molecule has 1 fully saturated rings. The number of aliphatic carboxylic acids is 1. The van der Waals surface area contributed by atoms with Gasteiger partial charge in [-0.3, -0.25) is 9.59 Å². The van der Waals surface area contributed by atoms with E-state index in [1.165, 1.54) is 43.9 Å². The number of amides is 1. The van der Waals surface area contributed by atoms with E-state index in [9.17, 15) is 9.59 Å². The van der Waals surface area contributed by atoms with Crippen LogP contribution in [-0.4, -0.2) is 29.1 Å². The Bertz CT molecular complexity index is 986. The van der Waals surface area contributed by atoms with Crippen molar-refractivity contribution in [2.24, 2.45) is 0 Å². The molecule has 0 aliphatic heterocycles. The summed E-state index contributed by atoms with van der Waals surface area (Å²) in [5.41, 5.74) is 7.12. The fourth-order valence-electron chi connectivity index (χ4n) is 4.03. The average molecular weight is 421 g/mol.